The van der Waals surface area contributed by atoms with Gasteiger partial charge in [-0.25, -0.2) is 0 Å². The van der Waals surface area contributed by atoms with Crippen molar-refractivity contribution < 1.29 is 0 Å². The van der Waals surface area contributed by atoms with E-state index in [-0.39, 0.29) is 0 Å². The molecule has 0 rings (SSSR count). The van der Waals surface area contributed by atoms with E-state index < -0.39 is 0 Å². The van der Waals surface area contributed by atoms with Crippen molar-refractivity contribution in [3.63, 3.8) is 0 Å². The molecular formula is C10H26N4. The van der Waals surface area contributed by atoms with Crippen LogP contribution >= 0.6 is 0 Å². The summed E-state index contributed by atoms with van der Waals surface area (Å²) in [4.78, 5) is 2.21. The Labute approximate surface area is 88.4 Å². The maximum atomic E-state index is 3.36. The first-order valence-corrected chi connectivity index (χ1v) is 5.48. The number of hydrogen-bond acceptors (Lipinski definition) is 4. The van der Waals surface area contributed by atoms with Crippen molar-refractivity contribution in [2.24, 2.45) is 0 Å². The predicted molar refractivity (Wildman–Crippen MR) is 62.6 cm³/mol. The summed E-state index contributed by atoms with van der Waals surface area (Å²) in [5.74, 6) is 0. The second-order valence-corrected chi connectivity index (χ2v) is 3.79. The third-order valence-corrected chi connectivity index (χ3v) is 1.99. The molecule has 4 heteroatoms. The van der Waals surface area contributed by atoms with Crippen LogP contribution in [0, 0.1) is 0 Å². The first-order chi connectivity index (χ1) is 6.77. The lowest BCUT2D eigenvalue weighted by Crippen LogP contribution is -2.32. The molecule has 0 atom stereocenters. The molecule has 0 saturated heterocycles. The van der Waals surface area contributed by atoms with Crippen LogP contribution in [-0.2, 0) is 0 Å². The Morgan fingerprint density at radius 1 is 0.929 bits per heavy atom. The summed E-state index contributed by atoms with van der Waals surface area (Å²) in [6.45, 7) is 5.36. The van der Waals surface area contributed by atoms with Gasteiger partial charge in [0.2, 0.25) is 0 Å². The Morgan fingerprint density at radius 2 is 1.57 bits per heavy atom. The van der Waals surface area contributed by atoms with Crippen LogP contribution in [0.3, 0.4) is 0 Å². The minimum absolute atomic E-state index is 0.928. The summed E-state index contributed by atoms with van der Waals surface area (Å²) in [5.41, 5.74) is 0. The zero-order valence-corrected chi connectivity index (χ0v) is 9.90. The van der Waals surface area contributed by atoms with Gasteiger partial charge in [0.1, 0.15) is 0 Å². The summed E-state index contributed by atoms with van der Waals surface area (Å²) >= 11 is 0. The van der Waals surface area contributed by atoms with Gasteiger partial charge >= 0.3 is 0 Å². The average Bonchev–Trinajstić information content (AvgIpc) is 2.15. The standard InChI is InChI=1S/C10H26N4/c1-11-6-4-7-12-10-13-8-5-9-14(2)3/h11-13H,4-10H2,1-3H3. The lowest BCUT2D eigenvalue weighted by atomic mass is 10.4. The smallest absolute Gasteiger partial charge is 0.0454 e. The van der Waals surface area contributed by atoms with Gasteiger partial charge in [-0.3, -0.25) is 0 Å². The molecule has 0 heterocycles. The van der Waals surface area contributed by atoms with Crippen molar-refractivity contribution in [3.05, 3.63) is 0 Å². The van der Waals surface area contributed by atoms with Gasteiger partial charge in [-0.15, -0.1) is 0 Å². The zero-order chi connectivity index (χ0) is 10.6. The first kappa shape index (κ1) is 13.8. The highest BCUT2D eigenvalue weighted by atomic mass is 15.1. The minimum atomic E-state index is 0.928. The van der Waals surface area contributed by atoms with Gasteiger partial charge in [0, 0.05) is 6.67 Å². The van der Waals surface area contributed by atoms with E-state index in [0.717, 1.165) is 32.8 Å². The van der Waals surface area contributed by atoms with Gasteiger partial charge in [-0.1, -0.05) is 0 Å². The van der Waals surface area contributed by atoms with Gasteiger partial charge in [0.05, 0.1) is 0 Å². The Morgan fingerprint density at radius 3 is 2.14 bits per heavy atom. The summed E-state index contributed by atoms with van der Waals surface area (Å²) in [6, 6.07) is 0. The van der Waals surface area contributed by atoms with E-state index in [1.54, 1.807) is 0 Å². The SMILES string of the molecule is CNCCCNCNCCCN(C)C. The molecule has 0 aromatic carbocycles. The molecule has 0 unspecified atom stereocenters. The molecule has 0 radical (unpaired) electrons. The fraction of sp³-hybridized carbons (Fsp3) is 1.00. The topological polar surface area (TPSA) is 39.3 Å². The molecule has 0 aromatic rings. The third kappa shape index (κ3) is 11.8. The molecule has 0 aliphatic heterocycles. The van der Waals surface area contributed by atoms with Crippen LogP contribution in [0.5, 0.6) is 0 Å². The van der Waals surface area contributed by atoms with Gasteiger partial charge in [0.15, 0.2) is 0 Å². The Hall–Kier alpha value is -0.160. The normalized spacial score (nSPS) is 11.1. The van der Waals surface area contributed by atoms with Crippen molar-refractivity contribution in [3.8, 4) is 0 Å². The maximum Gasteiger partial charge on any atom is 0.0454 e. The van der Waals surface area contributed by atoms with Crippen molar-refractivity contribution in [1.82, 2.24) is 20.9 Å². The Kier molecular flexibility index (Phi) is 10.8. The van der Waals surface area contributed by atoms with E-state index in [4.69, 9.17) is 0 Å². The molecule has 0 aliphatic rings. The van der Waals surface area contributed by atoms with Crippen LogP contribution in [0.25, 0.3) is 0 Å². The van der Waals surface area contributed by atoms with E-state index in [0.29, 0.717) is 0 Å². The molecule has 4 nitrogen and oxygen atoms in total. The van der Waals surface area contributed by atoms with Crippen molar-refractivity contribution in [2.45, 2.75) is 12.8 Å². The van der Waals surface area contributed by atoms with Crippen LogP contribution in [0.15, 0.2) is 0 Å². The highest BCUT2D eigenvalue weighted by Crippen LogP contribution is 1.79. The van der Waals surface area contributed by atoms with Gasteiger partial charge in [0.25, 0.3) is 0 Å². The van der Waals surface area contributed by atoms with Gasteiger partial charge in [-0.05, 0) is 60.2 Å². The molecule has 0 aliphatic carbocycles. The molecule has 0 fully saturated rings. The third-order valence-electron chi connectivity index (χ3n) is 1.99. The summed E-state index contributed by atoms with van der Waals surface area (Å²) < 4.78 is 0. The molecule has 0 saturated carbocycles. The molecule has 0 spiro atoms. The number of rotatable bonds is 10. The lowest BCUT2D eigenvalue weighted by Gasteiger charge is -2.10. The maximum absolute atomic E-state index is 3.36. The van der Waals surface area contributed by atoms with Crippen LogP contribution in [0.1, 0.15) is 12.8 Å². The second-order valence-electron chi connectivity index (χ2n) is 3.79. The van der Waals surface area contributed by atoms with E-state index >= 15 is 0 Å². The number of nitrogens with one attached hydrogen (secondary N) is 3. The summed E-state index contributed by atoms with van der Waals surface area (Å²) in [5, 5.41) is 9.83. The summed E-state index contributed by atoms with van der Waals surface area (Å²) in [6.07, 6.45) is 2.40. The van der Waals surface area contributed by atoms with E-state index in [9.17, 15) is 0 Å². The molecule has 0 aromatic heterocycles. The fourth-order valence-corrected chi connectivity index (χ4v) is 1.18. The van der Waals surface area contributed by atoms with Gasteiger partial charge in [-0.2, -0.15) is 0 Å². The van der Waals surface area contributed by atoms with E-state index in [1.165, 1.54) is 12.8 Å². The van der Waals surface area contributed by atoms with Crippen LogP contribution in [-0.4, -0.2) is 58.9 Å². The minimum Gasteiger partial charge on any atom is -0.320 e. The fourth-order valence-electron chi connectivity index (χ4n) is 1.18. The monoisotopic (exact) mass is 202 g/mol. The molecule has 14 heavy (non-hydrogen) atoms. The first-order valence-electron chi connectivity index (χ1n) is 5.48. The highest BCUT2D eigenvalue weighted by Gasteiger charge is 1.90. The van der Waals surface area contributed by atoms with Crippen molar-refractivity contribution >= 4 is 0 Å². The molecule has 0 bridgehead atoms. The average molecular weight is 202 g/mol. The van der Waals surface area contributed by atoms with Gasteiger partial charge < -0.3 is 20.9 Å². The number of hydrogen-bond donors (Lipinski definition) is 3. The molecular weight excluding hydrogens is 176 g/mol. The van der Waals surface area contributed by atoms with Crippen LogP contribution in [0.2, 0.25) is 0 Å². The Bertz CT molecular complexity index is 106. The predicted octanol–water partition coefficient (Wildman–Crippen LogP) is -0.316. The lowest BCUT2D eigenvalue weighted by molar-refractivity contribution is 0.392. The highest BCUT2D eigenvalue weighted by molar-refractivity contribution is 4.51. The quantitative estimate of drug-likeness (QED) is 0.335. The molecule has 86 valence electrons. The number of nitrogens with zero attached hydrogens (tertiary/aromatic N) is 1. The van der Waals surface area contributed by atoms with Crippen molar-refractivity contribution in [2.75, 3.05) is 54.0 Å². The second kappa shape index (κ2) is 10.9. The van der Waals surface area contributed by atoms with Crippen molar-refractivity contribution in [1.29, 1.82) is 0 Å². The van der Waals surface area contributed by atoms with E-state index in [2.05, 4.69) is 34.9 Å². The zero-order valence-electron chi connectivity index (χ0n) is 9.90. The molecule has 3 N–H and O–H groups in total. The van der Waals surface area contributed by atoms with Crippen LogP contribution < -0.4 is 16.0 Å². The van der Waals surface area contributed by atoms with E-state index in [1.807, 2.05) is 7.05 Å². The largest absolute Gasteiger partial charge is 0.320 e. The Balaban J connectivity index is 2.85. The summed E-state index contributed by atoms with van der Waals surface area (Å²) in [7, 11) is 6.20. The molecule has 0 amide bonds. The van der Waals surface area contributed by atoms with Crippen LogP contribution in [0.4, 0.5) is 0 Å².